The summed E-state index contributed by atoms with van der Waals surface area (Å²) in [5, 5.41) is 3.17. The molecule has 3 rings (SSSR count). The molecular weight excluding hydrogens is 368 g/mol. The van der Waals surface area contributed by atoms with Crippen molar-refractivity contribution in [1.29, 1.82) is 0 Å². The Kier molecular flexibility index (Phi) is 7.36. The number of likely N-dealkylation sites (tertiary alicyclic amines) is 1. The minimum Gasteiger partial charge on any atom is -0.355 e. The third kappa shape index (κ3) is 5.51. The first kappa shape index (κ1) is 22.6. The number of carbonyl (C=O) groups is 1. The van der Waals surface area contributed by atoms with E-state index in [-0.39, 0.29) is 17.2 Å². The Morgan fingerprint density at radius 2 is 1.67 bits per heavy atom. The molecule has 1 saturated heterocycles. The van der Waals surface area contributed by atoms with Crippen LogP contribution in [0.3, 0.4) is 0 Å². The van der Waals surface area contributed by atoms with E-state index < -0.39 is 0 Å². The quantitative estimate of drug-likeness (QED) is 0.684. The molecule has 2 aromatic rings. The second-order valence-electron chi connectivity index (χ2n) is 9.66. The molecule has 0 aliphatic carbocycles. The van der Waals surface area contributed by atoms with E-state index >= 15 is 0 Å². The molecule has 1 aliphatic heterocycles. The van der Waals surface area contributed by atoms with E-state index in [2.05, 4.69) is 86.4 Å². The monoisotopic (exact) mass is 406 g/mol. The highest BCUT2D eigenvalue weighted by atomic mass is 16.1. The molecule has 1 fully saturated rings. The van der Waals surface area contributed by atoms with Crippen LogP contribution in [0.2, 0.25) is 0 Å². The number of hydrogen-bond donors (Lipinski definition) is 1. The lowest BCUT2D eigenvalue weighted by Crippen LogP contribution is -2.44. The van der Waals surface area contributed by atoms with Crippen molar-refractivity contribution in [3.8, 4) is 0 Å². The Morgan fingerprint density at radius 1 is 1.03 bits per heavy atom. The third-order valence-electron chi connectivity index (χ3n) is 6.92. The summed E-state index contributed by atoms with van der Waals surface area (Å²) in [5.41, 5.74) is 5.50. The van der Waals surface area contributed by atoms with Gasteiger partial charge in [0, 0.05) is 13.1 Å². The summed E-state index contributed by atoms with van der Waals surface area (Å²) in [7, 11) is 0. The van der Waals surface area contributed by atoms with Crippen molar-refractivity contribution in [2.24, 2.45) is 5.92 Å². The zero-order chi connectivity index (χ0) is 21.7. The number of aryl methyl sites for hydroxylation is 2. The molecule has 30 heavy (non-hydrogen) atoms. The second-order valence-corrected chi connectivity index (χ2v) is 9.66. The molecule has 1 heterocycles. The first-order chi connectivity index (χ1) is 14.3. The summed E-state index contributed by atoms with van der Waals surface area (Å²) in [6, 6.07) is 17.1. The van der Waals surface area contributed by atoms with Crippen LogP contribution in [0, 0.1) is 19.8 Å². The number of nitrogens with zero attached hydrogens (tertiary/aromatic N) is 1. The third-order valence-corrected chi connectivity index (χ3v) is 6.92. The van der Waals surface area contributed by atoms with Gasteiger partial charge in [-0.2, -0.15) is 0 Å². The van der Waals surface area contributed by atoms with Gasteiger partial charge in [-0.15, -0.1) is 0 Å². The van der Waals surface area contributed by atoms with Gasteiger partial charge in [0.1, 0.15) is 0 Å². The fraction of sp³-hybridized carbons (Fsp3) is 0.519. The molecule has 2 aromatic carbocycles. The highest BCUT2D eigenvalue weighted by molar-refractivity contribution is 5.83. The molecule has 2 atom stereocenters. The minimum absolute atomic E-state index is 0.109. The highest BCUT2D eigenvalue weighted by Crippen LogP contribution is 2.36. The summed E-state index contributed by atoms with van der Waals surface area (Å²) >= 11 is 0. The first-order valence-corrected chi connectivity index (χ1v) is 11.4. The fourth-order valence-electron chi connectivity index (χ4n) is 4.69. The molecule has 0 aromatic heterocycles. The Bertz CT molecular complexity index is 834. The van der Waals surface area contributed by atoms with E-state index in [9.17, 15) is 4.79 Å². The summed E-state index contributed by atoms with van der Waals surface area (Å²) in [4.78, 5) is 15.1. The highest BCUT2D eigenvalue weighted by Gasteiger charge is 2.32. The molecule has 3 heteroatoms. The zero-order valence-corrected chi connectivity index (χ0v) is 19.4. The number of benzene rings is 2. The Balaban J connectivity index is 1.45. The summed E-state index contributed by atoms with van der Waals surface area (Å²) in [5.74, 6) is 0.459. The number of hydrogen-bond acceptors (Lipinski definition) is 2. The molecule has 0 radical (unpaired) electrons. The topological polar surface area (TPSA) is 32.3 Å². The average molecular weight is 407 g/mol. The van der Waals surface area contributed by atoms with Crippen molar-refractivity contribution < 1.29 is 4.79 Å². The average Bonchev–Trinajstić information content (AvgIpc) is 2.74. The maximum absolute atomic E-state index is 12.6. The van der Waals surface area contributed by atoms with Gasteiger partial charge in [-0.25, -0.2) is 0 Å². The number of rotatable bonds is 7. The van der Waals surface area contributed by atoms with Crippen LogP contribution in [0.25, 0.3) is 0 Å². The van der Waals surface area contributed by atoms with Crippen LogP contribution in [0.1, 0.15) is 61.8 Å². The molecule has 2 unspecified atom stereocenters. The van der Waals surface area contributed by atoms with Crippen molar-refractivity contribution in [3.63, 3.8) is 0 Å². The standard InChI is InChI=1S/C27H38N2O/c1-20-10-12-24(13-11-20)23(4)26(30)28-18-21(2)19-29-16-14-27(5,15-17-29)25-9-7-6-8-22(25)3/h6-13,21,23H,14-19H2,1-5H3,(H,28,30). The van der Waals surface area contributed by atoms with Gasteiger partial charge in [-0.3, -0.25) is 4.79 Å². The van der Waals surface area contributed by atoms with Gasteiger partial charge >= 0.3 is 0 Å². The molecule has 1 N–H and O–H groups in total. The predicted octanol–water partition coefficient (Wildman–Crippen LogP) is 5.21. The molecule has 0 spiro atoms. The van der Waals surface area contributed by atoms with E-state index in [1.807, 2.05) is 6.92 Å². The Morgan fingerprint density at radius 3 is 2.30 bits per heavy atom. The summed E-state index contributed by atoms with van der Waals surface area (Å²) < 4.78 is 0. The van der Waals surface area contributed by atoms with Gasteiger partial charge < -0.3 is 10.2 Å². The molecule has 0 saturated carbocycles. The Labute approximate surface area is 182 Å². The van der Waals surface area contributed by atoms with Crippen molar-refractivity contribution in [2.45, 2.75) is 58.8 Å². The smallest absolute Gasteiger partial charge is 0.227 e. The first-order valence-electron chi connectivity index (χ1n) is 11.4. The number of carbonyl (C=O) groups excluding carboxylic acids is 1. The largest absolute Gasteiger partial charge is 0.355 e. The van der Waals surface area contributed by atoms with E-state index in [0.717, 1.165) is 31.7 Å². The lowest BCUT2D eigenvalue weighted by molar-refractivity contribution is -0.122. The molecule has 0 bridgehead atoms. The van der Waals surface area contributed by atoms with Gasteiger partial charge in [0.15, 0.2) is 0 Å². The van der Waals surface area contributed by atoms with E-state index in [1.165, 1.54) is 29.5 Å². The van der Waals surface area contributed by atoms with E-state index in [4.69, 9.17) is 0 Å². The number of nitrogens with one attached hydrogen (secondary N) is 1. The predicted molar refractivity (Wildman–Crippen MR) is 126 cm³/mol. The lowest BCUT2D eigenvalue weighted by atomic mass is 9.73. The second kappa shape index (κ2) is 9.78. The maximum Gasteiger partial charge on any atom is 0.227 e. The fourth-order valence-corrected chi connectivity index (χ4v) is 4.69. The number of amides is 1. The van der Waals surface area contributed by atoms with Gasteiger partial charge in [-0.1, -0.05) is 67.9 Å². The minimum atomic E-state index is -0.109. The van der Waals surface area contributed by atoms with Gasteiger partial charge in [0.05, 0.1) is 5.92 Å². The SMILES string of the molecule is Cc1ccc(C(C)C(=O)NCC(C)CN2CCC(C)(c3ccccc3C)CC2)cc1. The van der Waals surface area contributed by atoms with Crippen molar-refractivity contribution in [1.82, 2.24) is 10.2 Å². The lowest BCUT2D eigenvalue weighted by Gasteiger charge is -2.41. The Hall–Kier alpha value is -2.13. The maximum atomic E-state index is 12.6. The normalized spacial score (nSPS) is 18.6. The van der Waals surface area contributed by atoms with Crippen LogP contribution < -0.4 is 5.32 Å². The van der Waals surface area contributed by atoms with Gasteiger partial charge in [0.25, 0.3) is 0 Å². The molecule has 1 aliphatic rings. The number of piperidine rings is 1. The van der Waals surface area contributed by atoms with Crippen LogP contribution in [0.4, 0.5) is 0 Å². The summed E-state index contributed by atoms with van der Waals surface area (Å²) in [6.07, 6.45) is 2.39. The van der Waals surface area contributed by atoms with Crippen molar-refractivity contribution >= 4 is 5.91 Å². The van der Waals surface area contributed by atoms with Crippen LogP contribution >= 0.6 is 0 Å². The molecule has 3 nitrogen and oxygen atoms in total. The van der Waals surface area contributed by atoms with Crippen molar-refractivity contribution in [3.05, 3.63) is 70.8 Å². The molecule has 1 amide bonds. The van der Waals surface area contributed by atoms with Gasteiger partial charge in [-0.05, 0) is 74.7 Å². The zero-order valence-electron chi connectivity index (χ0n) is 19.4. The van der Waals surface area contributed by atoms with E-state index in [0.29, 0.717) is 5.92 Å². The van der Waals surface area contributed by atoms with Crippen molar-refractivity contribution in [2.75, 3.05) is 26.2 Å². The summed E-state index contributed by atoms with van der Waals surface area (Å²) in [6.45, 7) is 15.0. The van der Waals surface area contributed by atoms with Crippen LogP contribution in [-0.4, -0.2) is 37.0 Å². The van der Waals surface area contributed by atoms with Crippen LogP contribution in [0.5, 0.6) is 0 Å². The molecular formula is C27H38N2O. The van der Waals surface area contributed by atoms with Crippen LogP contribution in [0.15, 0.2) is 48.5 Å². The van der Waals surface area contributed by atoms with E-state index in [1.54, 1.807) is 0 Å². The van der Waals surface area contributed by atoms with Gasteiger partial charge in [0.2, 0.25) is 5.91 Å². The van der Waals surface area contributed by atoms with Crippen LogP contribution in [-0.2, 0) is 10.2 Å². The molecule has 162 valence electrons.